The van der Waals surface area contributed by atoms with Gasteiger partial charge in [-0.15, -0.1) is 0 Å². The molecular formula is C8H18NO6P. The van der Waals surface area contributed by atoms with Gasteiger partial charge < -0.3 is 20.3 Å². The molecule has 0 bridgehead atoms. The standard InChI is InChI=1S/C8H18NO6P/c1-5(15-16(11,12)13)6(9)7(10)14-8(2,3)4/h5-6H,9H2,1-4H3,(H2,11,12,13). The number of ether oxygens (including phenoxy) is 1. The van der Waals surface area contributed by atoms with E-state index in [4.69, 9.17) is 20.3 Å². The van der Waals surface area contributed by atoms with E-state index in [2.05, 4.69) is 4.52 Å². The Labute approximate surface area is 94.2 Å². The predicted octanol–water partition coefficient (Wildman–Crippen LogP) is 0.153. The van der Waals surface area contributed by atoms with Crippen molar-refractivity contribution in [3.63, 3.8) is 0 Å². The maximum absolute atomic E-state index is 11.4. The summed E-state index contributed by atoms with van der Waals surface area (Å²) in [6, 6.07) is -1.24. The molecule has 0 rings (SSSR count). The summed E-state index contributed by atoms with van der Waals surface area (Å²) in [7, 11) is -4.65. The number of hydrogen-bond acceptors (Lipinski definition) is 5. The van der Waals surface area contributed by atoms with Crippen molar-refractivity contribution in [3.8, 4) is 0 Å². The molecule has 0 fully saturated rings. The molecule has 8 heteroatoms. The molecule has 0 saturated carbocycles. The highest BCUT2D eigenvalue weighted by Gasteiger charge is 2.31. The number of esters is 1. The van der Waals surface area contributed by atoms with Crippen molar-refractivity contribution < 1.29 is 28.4 Å². The maximum atomic E-state index is 11.4. The van der Waals surface area contributed by atoms with E-state index in [9.17, 15) is 9.36 Å². The van der Waals surface area contributed by atoms with E-state index in [0.717, 1.165) is 0 Å². The van der Waals surface area contributed by atoms with Gasteiger partial charge in [0.2, 0.25) is 0 Å². The van der Waals surface area contributed by atoms with E-state index in [1.807, 2.05) is 0 Å². The first-order valence-electron chi connectivity index (χ1n) is 4.65. The van der Waals surface area contributed by atoms with Gasteiger partial charge in [0.05, 0.1) is 6.10 Å². The van der Waals surface area contributed by atoms with Crippen LogP contribution >= 0.6 is 7.82 Å². The van der Waals surface area contributed by atoms with E-state index >= 15 is 0 Å². The van der Waals surface area contributed by atoms with Crippen LogP contribution in [-0.2, 0) is 18.6 Å². The van der Waals surface area contributed by atoms with Crippen LogP contribution in [0.4, 0.5) is 0 Å². The topological polar surface area (TPSA) is 119 Å². The van der Waals surface area contributed by atoms with Gasteiger partial charge >= 0.3 is 13.8 Å². The quantitative estimate of drug-likeness (QED) is 0.483. The summed E-state index contributed by atoms with van der Waals surface area (Å²) in [5, 5.41) is 0. The molecule has 2 atom stereocenters. The minimum absolute atomic E-state index is 0.712. The molecule has 16 heavy (non-hydrogen) atoms. The first kappa shape index (κ1) is 15.5. The van der Waals surface area contributed by atoms with Gasteiger partial charge in [0, 0.05) is 0 Å². The fourth-order valence-corrected chi connectivity index (χ4v) is 1.41. The van der Waals surface area contributed by atoms with Crippen LogP contribution in [0.15, 0.2) is 0 Å². The first-order chi connectivity index (χ1) is 6.92. The van der Waals surface area contributed by atoms with Crippen LogP contribution in [0.5, 0.6) is 0 Å². The Morgan fingerprint density at radius 1 is 1.38 bits per heavy atom. The van der Waals surface area contributed by atoms with Crippen LogP contribution in [0, 0.1) is 0 Å². The van der Waals surface area contributed by atoms with Gasteiger partial charge in [-0.2, -0.15) is 0 Å². The zero-order valence-corrected chi connectivity index (χ0v) is 10.6. The lowest BCUT2D eigenvalue weighted by Crippen LogP contribution is -2.45. The summed E-state index contributed by atoms with van der Waals surface area (Å²) < 4.78 is 19.7. The minimum Gasteiger partial charge on any atom is -0.459 e. The minimum atomic E-state index is -4.65. The summed E-state index contributed by atoms with van der Waals surface area (Å²) in [4.78, 5) is 28.5. The van der Waals surface area contributed by atoms with Crippen LogP contribution in [-0.4, -0.2) is 33.5 Å². The van der Waals surface area contributed by atoms with Gasteiger partial charge in [-0.05, 0) is 27.7 Å². The molecule has 0 saturated heterocycles. The molecule has 0 aromatic carbocycles. The van der Waals surface area contributed by atoms with Crippen molar-refractivity contribution in [2.45, 2.75) is 45.4 Å². The lowest BCUT2D eigenvalue weighted by atomic mass is 10.1. The number of carbonyl (C=O) groups is 1. The third-order valence-electron chi connectivity index (χ3n) is 1.49. The summed E-state index contributed by atoms with van der Waals surface area (Å²) in [5.74, 6) is -0.770. The van der Waals surface area contributed by atoms with Gasteiger partial charge in [-0.3, -0.25) is 9.32 Å². The van der Waals surface area contributed by atoms with E-state index < -0.39 is 31.5 Å². The molecule has 0 aliphatic carbocycles. The second-order valence-electron chi connectivity index (χ2n) is 4.36. The molecule has 0 aliphatic rings. The summed E-state index contributed by atoms with van der Waals surface area (Å²) in [6.45, 7) is 6.26. The number of carbonyl (C=O) groups excluding carboxylic acids is 1. The summed E-state index contributed by atoms with van der Waals surface area (Å²) >= 11 is 0. The zero-order valence-electron chi connectivity index (χ0n) is 9.71. The summed E-state index contributed by atoms with van der Waals surface area (Å²) in [6.07, 6.45) is -1.13. The lowest BCUT2D eigenvalue weighted by Gasteiger charge is -2.25. The molecule has 4 N–H and O–H groups in total. The Morgan fingerprint density at radius 2 is 1.81 bits per heavy atom. The molecule has 0 amide bonds. The zero-order chi connectivity index (χ0) is 13.1. The van der Waals surface area contributed by atoms with Gasteiger partial charge in [0.15, 0.2) is 0 Å². The molecule has 0 spiro atoms. The number of rotatable bonds is 4. The van der Waals surface area contributed by atoms with Crippen LogP contribution in [0.25, 0.3) is 0 Å². The van der Waals surface area contributed by atoms with Crippen molar-refractivity contribution in [1.82, 2.24) is 0 Å². The Bertz CT molecular complexity index is 293. The third-order valence-corrected chi connectivity index (χ3v) is 2.10. The number of phosphoric acid groups is 1. The highest BCUT2D eigenvalue weighted by Crippen LogP contribution is 2.38. The van der Waals surface area contributed by atoms with Crippen LogP contribution in [0.3, 0.4) is 0 Å². The van der Waals surface area contributed by atoms with E-state index in [-0.39, 0.29) is 0 Å². The molecule has 2 unspecified atom stereocenters. The van der Waals surface area contributed by atoms with Crippen LogP contribution < -0.4 is 5.73 Å². The molecule has 0 heterocycles. The van der Waals surface area contributed by atoms with Gasteiger partial charge in [0.25, 0.3) is 0 Å². The molecule has 7 nitrogen and oxygen atoms in total. The average molecular weight is 255 g/mol. The van der Waals surface area contributed by atoms with Crippen molar-refractivity contribution in [2.75, 3.05) is 0 Å². The number of phosphoric ester groups is 1. The first-order valence-corrected chi connectivity index (χ1v) is 6.18. The SMILES string of the molecule is CC(OP(=O)(O)O)C(N)C(=O)OC(C)(C)C. The Morgan fingerprint density at radius 3 is 2.12 bits per heavy atom. The van der Waals surface area contributed by atoms with Crippen molar-refractivity contribution >= 4 is 13.8 Å². The van der Waals surface area contributed by atoms with E-state index in [1.54, 1.807) is 20.8 Å². The smallest absolute Gasteiger partial charge is 0.459 e. The van der Waals surface area contributed by atoms with Crippen LogP contribution in [0.2, 0.25) is 0 Å². The molecular weight excluding hydrogens is 237 g/mol. The number of hydrogen-bond donors (Lipinski definition) is 3. The van der Waals surface area contributed by atoms with Crippen molar-refractivity contribution in [1.29, 1.82) is 0 Å². The third kappa shape index (κ3) is 6.92. The maximum Gasteiger partial charge on any atom is 0.469 e. The molecule has 0 aromatic rings. The normalized spacial score (nSPS) is 16.7. The highest BCUT2D eigenvalue weighted by molar-refractivity contribution is 7.46. The number of nitrogens with two attached hydrogens (primary N) is 1. The van der Waals surface area contributed by atoms with Gasteiger partial charge in [0.1, 0.15) is 11.6 Å². The largest absolute Gasteiger partial charge is 0.469 e. The molecule has 96 valence electrons. The van der Waals surface area contributed by atoms with Gasteiger partial charge in [-0.25, -0.2) is 4.57 Å². The lowest BCUT2D eigenvalue weighted by molar-refractivity contribution is -0.158. The van der Waals surface area contributed by atoms with Crippen LogP contribution in [0.1, 0.15) is 27.7 Å². The Hall–Kier alpha value is -0.460. The molecule has 0 aliphatic heterocycles. The Kier molecular flexibility index (Phi) is 5.10. The Balaban J connectivity index is 4.39. The van der Waals surface area contributed by atoms with Crippen molar-refractivity contribution in [3.05, 3.63) is 0 Å². The predicted molar refractivity (Wildman–Crippen MR) is 56.4 cm³/mol. The average Bonchev–Trinajstić information content (AvgIpc) is 1.96. The molecule has 0 radical (unpaired) electrons. The van der Waals surface area contributed by atoms with E-state index in [0.29, 0.717) is 0 Å². The highest BCUT2D eigenvalue weighted by atomic mass is 31.2. The summed E-state index contributed by atoms with van der Waals surface area (Å²) in [5.41, 5.74) is 4.72. The fraction of sp³-hybridized carbons (Fsp3) is 0.875. The second-order valence-corrected chi connectivity index (χ2v) is 5.55. The van der Waals surface area contributed by atoms with Crippen molar-refractivity contribution in [2.24, 2.45) is 5.73 Å². The van der Waals surface area contributed by atoms with E-state index in [1.165, 1.54) is 6.92 Å². The van der Waals surface area contributed by atoms with Gasteiger partial charge in [-0.1, -0.05) is 0 Å². The fourth-order valence-electron chi connectivity index (χ4n) is 0.844. The monoisotopic (exact) mass is 255 g/mol. The molecule has 0 aromatic heterocycles. The second kappa shape index (κ2) is 5.25.